The molecule has 3 nitrogen and oxygen atoms in total. The Morgan fingerprint density at radius 3 is 2.11 bits per heavy atom. The number of rotatable bonds is 2. The van der Waals surface area contributed by atoms with E-state index in [9.17, 15) is 4.79 Å². The lowest BCUT2D eigenvalue weighted by Crippen LogP contribution is -2.30. The molecule has 0 atom stereocenters. The van der Waals surface area contributed by atoms with Crippen molar-refractivity contribution in [1.82, 2.24) is 0 Å². The molecule has 0 fully saturated rings. The quantitative estimate of drug-likeness (QED) is 0.575. The highest BCUT2D eigenvalue weighted by molar-refractivity contribution is 6.71. The lowest BCUT2D eigenvalue weighted by molar-refractivity contribution is -0.138. The van der Waals surface area contributed by atoms with Gasteiger partial charge in [-0.05, 0) is 19.6 Å². The summed E-state index contributed by atoms with van der Waals surface area (Å²) in [6.45, 7) is 5.16. The van der Waals surface area contributed by atoms with Gasteiger partial charge in [0.25, 0.3) is 0 Å². The number of hydrogen-bond acceptors (Lipinski definition) is 3. The largest absolute Gasteiger partial charge is 0.518 e. The van der Waals surface area contributed by atoms with Gasteiger partial charge < -0.3 is 9.53 Å². The van der Waals surface area contributed by atoms with Crippen molar-refractivity contribution in [3.05, 3.63) is 0 Å². The third-order valence-electron chi connectivity index (χ3n) is 0.549. The summed E-state index contributed by atoms with van der Waals surface area (Å²) >= 11 is 0. The van der Waals surface area contributed by atoms with Crippen LogP contribution in [0.2, 0.25) is 19.6 Å². The number of aliphatic hydroxyl groups excluding tert-OH is 1. The first-order valence-corrected chi connectivity index (χ1v) is 6.19. The van der Waals surface area contributed by atoms with Crippen LogP contribution in [-0.4, -0.2) is 26.0 Å². The molecule has 54 valence electrons. The zero-order valence-electron chi connectivity index (χ0n) is 5.97. The first kappa shape index (κ1) is 8.65. The van der Waals surface area contributed by atoms with Gasteiger partial charge in [-0.2, -0.15) is 0 Å². The highest BCUT2D eigenvalue weighted by atomic mass is 28.4. The Hall–Kier alpha value is -0.353. The Labute approximate surface area is 55.8 Å². The summed E-state index contributed by atoms with van der Waals surface area (Å²) in [5.74, 6) is -0.519. The van der Waals surface area contributed by atoms with E-state index >= 15 is 0 Å². The molecule has 0 aromatic heterocycles. The van der Waals surface area contributed by atoms with Crippen molar-refractivity contribution >= 4 is 14.3 Å². The second kappa shape index (κ2) is 2.98. The topological polar surface area (TPSA) is 46.5 Å². The molecule has 1 N–H and O–H groups in total. The van der Waals surface area contributed by atoms with Gasteiger partial charge >= 0.3 is 5.97 Å². The van der Waals surface area contributed by atoms with Gasteiger partial charge in [-0.25, -0.2) is 0 Å². The molecular formula is C5H12O3Si. The van der Waals surface area contributed by atoms with E-state index in [0.717, 1.165) is 0 Å². The molecule has 0 heterocycles. The Balaban J connectivity index is 3.60. The van der Waals surface area contributed by atoms with Gasteiger partial charge in [-0.1, -0.05) is 0 Å². The molecule has 0 amide bonds. The lowest BCUT2D eigenvalue weighted by atomic mass is 10.8. The molecule has 9 heavy (non-hydrogen) atoms. The van der Waals surface area contributed by atoms with Crippen LogP contribution in [0.5, 0.6) is 0 Å². The predicted octanol–water partition coefficient (Wildman–Crippen LogP) is 0.357. The van der Waals surface area contributed by atoms with Crippen LogP contribution in [0.25, 0.3) is 0 Å². The molecule has 0 unspecified atom stereocenters. The van der Waals surface area contributed by atoms with Crippen LogP contribution in [-0.2, 0) is 9.22 Å². The third kappa shape index (κ3) is 5.52. The van der Waals surface area contributed by atoms with Gasteiger partial charge in [0.1, 0.15) is 6.61 Å². The average molecular weight is 148 g/mol. The molecule has 0 aliphatic carbocycles. The van der Waals surface area contributed by atoms with E-state index in [4.69, 9.17) is 9.53 Å². The number of carbonyl (C=O) groups excluding carboxylic acids is 1. The first-order chi connectivity index (χ1) is 3.95. The maximum absolute atomic E-state index is 10.4. The fraction of sp³-hybridized carbons (Fsp3) is 0.800. The second-order valence-corrected chi connectivity index (χ2v) is 7.17. The minimum absolute atomic E-state index is 0.510. The molecule has 0 aromatic rings. The number of carbonyl (C=O) groups is 1. The standard InChI is InChI=1S/C5H12O3Si/c1-9(2,3)8-5(7)4-6/h6H,4H2,1-3H3. The van der Waals surface area contributed by atoms with Crippen molar-refractivity contribution in [2.75, 3.05) is 6.61 Å². The average Bonchev–Trinajstić information content (AvgIpc) is 1.62. The maximum atomic E-state index is 10.4. The van der Waals surface area contributed by atoms with Crippen LogP contribution in [0.15, 0.2) is 0 Å². The monoisotopic (exact) mass is 148 g/mol. The molecule has 4 heteroatoms. The van der Waals surface area contributed by atoms with Crippen LogP contribution in [0.3, 0.4) is 0 Å². The highest BCUT2D eigenvalue weighted by Crippen LogP contribution is 2.01. The minimum atomic E-state index is -1.75. The molecule has 0 bridgehead atoms. The van der Waals surface area contributed by atoms with E-state index in [0.29, 0.717) is 0 Å². The van der Waals surface area contributed by atoms with Gasteiger partial charge in [0.05, 0.1) is 0 Å². The van der Waals surface area contributed by atoms with E-state index in [1.807, 2.05) is 19.6 Å². The summed E-state index contributed by atoms with van der Waals surface area (Å²) in [5.41, 5.74) is 0. The minimum Gasteiger partial charge on any atom is -0.518 e. The van der Waals surface area contributed by atoms with Crippen LogP contribution in [0.4, 0.5) is 0 Å². The summed E-state index contributed by atoms with van der Waals surface area (Å²) in [5, 5.41) is 8.25. The zero-order valence-corrected chi connectivity index (χ0v) is 6.97. The van der Waals surface area contributed by atoms with Gasteiger partial charge in [-0.3, -0.25) is 4.79 Å². The van der Waals surface area contributed by atoms with Crippen LogP contribution < -0.4 is 0 Å². The predicted molar refractivity (Wildman–Crippen MR) is 36.5 cm³/mol. The van der Waals surface area contributed by atoms with Crippen LogP contribution in [0, 0.1) is 0 Å². The summed E-state index contributed by atoms with van der Waals surface area (Å²) < 4.78 is 4.84. The summed E-state index contributed by atoms with van der Waals surface area (Å²) in [7, 11) is -1.75. The van der Waals surface area contributed by atoms with E-state index in [1.54, 1.807) is 0 Å². The fourth-order valence-electron chi connectivity index (χ4n) is 0.374. The molecule has 0 aliphatic heterocycles. The Kier molecular flexibility index (Phi) is 2.86. The molecule has 0 spiro atoms. The molecule has 0 saturated carbocycles. The van der Waals surface area contributed by atoms with E-state index < -0.39 is 20.9 Å². The van der Waals surface area contributed by atoms with Crippen LogP contribution >= 0.6 is 0 Å². The lowest BCUT2D eigenvalue weighted by Gasteiger charge is -2.15. The smallest absolute Gasteiger partial charge is 0.318 e. The van der Waals surface area contributed by atoms with Gasteiger partial charge in [-0.15, -0.1) is 0 Å². The normalized spacial score (nSPS) is 11.1. The van der Waals surface area contributed by atoms with Crippen LogP contribution in [0.1, 0.15) is 0 Å². The van der Waals surface area contributed by atoms with E-state index in [-0.39, 0.29) is 0 Å². The van der Waals surface area contributed by atoms with Crippen molar-refractivity contribution < 1.29 is 14.3 Å². The van der Waals surface area contributed by atoms with Crippen molar-refractivity contribution in [2.24, 2.45) is 0 Å². The van der Waals surface area contributed by atoms with Crippen molar-refractivity contribution in [1.29, 1.82) is 0 Å². The summed E-state index contributed by atoms with van der Waals surface area (Å²) in [6, 6.07) is 0. The summed E-state index contributed by atoms with van der Waals surface area (Å²) in [6.07, 6.45) is 0. The summed E-state index contributed by atoms with van der Waals surface area (Å²) in [4.78, 5) is 10.4. The highest BCUT2D eigenvalue weighted by Gasteiger charge is 2.18. The fourth-order valence-corrected chi connectivity index (χ4v) is 1.12. The number of aliphatic hydroxyl groups is 1. The molecule has 0 radical (unpaired) electrons. The van der Waals surface area contributed by atoms with Crippen molar-refractivity contribution in [2.45, 2.75) is 19.6 Å². The molecule has 0 aliphatic rings. The maximum Gasteiger partial charge on any atom is 0.318 e. The third-order valence-corrected chi connectivity index (χ3v) is 1.39. The first-order valence-electron chi connectivity index (χ1n) is 2.78. The molecule has 0 rings (SSSR count). The van der Waals surface area contributed by atoms with E-state index in [2.05, 4.69) is 0 Å². The van der Waals surface area contributed by atoms with Gasteiger partial charge in [0.2, 0.25) is 8.32 Å². The molecular weight excluding hydrogens is 136 g/mol. The Morgan fingerprint density at radius 2 is 2.00 bits per heavy atom. The Bertz CT molecular complexity index is 105. The SMILES string of the molecule is C[Si](C)(C)OC(=O)CO. The Morgan fingerprint density at radius 1 is 1.56 bits per heavy atom. The molecule has 0 aromatic carbocycles. The number of hydrogen-bond donors (Lipinski definition) is 1. The van der Waals surface area contributed by atoms with Crippen molar-refractivity contribution in [3.63, 3.8) is 0 Å². The van der Waals surface area contributed by atoms with Crippen molar-refractivity contribution in [3.8, 4) is 0 Å². The van der Waals surface area contributed by atoms with Gasteiger partial charge in [0, 0.05) is 0 Å². The molecule has 0 saturated heterocycles. The van der Waals surface area contributed by atoms with Gasteiger partial charge in [0.15, 0.2) is 0 Å². The zero-order chi connectivity index (χ0) is 7.49. The van der Waals surface area contributed by atoms with E-state index in [1.165, 1.54) is 0 Å². The second-order valence-electron chi connectivity index (χ2n) is 2.74.